The maximum atomic E-state index is 11.4. The summed E-state index contributed by atoms with van der Waals surface area (Å²) in [5.41, 5.74) is 5.91. The molecule has 0 fully saturated rings. The molecule has 9 heteroatoms. The predicted octanol–water partition coefficient (Wildman–Crippen LogP) is 3.70. The monoisotopic (exact) mass is 380 g/mol. The van der Waals surface area contributed by atoms with Gasteiger partial charge in [0.25, 0.3) is 5.69 Å². The third-order valence-corrected chi connectivity index (χ3v) is 5.35. The number of unbranched alkanes of at least 4 members (excludes halogenated alkanes) is 2. The minimum atomic E-state index is -4.01. The second-order valence-corrected chi connectivity index (χ2v) is 7.93. The minimum Gasteiger partial charge on any atom is -0.271 e. The average Bonchev–Trinajstić information content (AvgIpc) is 2.92. The molecule has 0 heterocycles. The molecule has 0 unspecified atom stereocenters. The molecular weight excluding hydrogens is 356 g/mol. The molecule has 0 atom stereocenters. The summed E-state index contributed by atoms with van der Waals surface area (Å²) < 4.78 is 22.8. The number of nitrogens with one attached hydrogen (secondary N) is 1. The summed E-state index contributed by atoms with van der Waals surface area (Å²) in [6, 6.07) is 3.47. The van der Waals surface area contributed by atoms with E-state index in [4.69, 9.17) is 5.14 Å². The van der Waals surface area contributed by atoms with Crippen molar-refractivity contribution < 1.29 is 13.3 Å². The zero-order chi connectivity index (χ0) is 19.3. The fourth-order valence-electron chi connectivity index (χ4n) is 2.95. The Hall–Kier alpha value is -2.26. The van der Waals surface area contributed by atoms with Gasteiger partial charge in [-0.15, -0.1) is 0 Å². The van der Waals surface area contributed by atoms with Gasteiger partial charge in [0.05, 0.1) is 15.5 Å². The Labute approximate surface area is 153 Å². The second-order valence-electron chi connectivity index (χ2n) is 6.37. The van der Waals surface area contributed by atoms with Crippen molar-refractivity contribution in [3.63, 3.8) is 0 Å². The molecule has 0 saturated carbocycles. The average molecular weight is 380 g/mol. The molecule has 26 heavy (non-hydrogen) atoms. The van der Waals surface area contributed by atoms with Crippen LogP contribution in [0.25, 0.3) is 0 Å². The molecule has 0 bridgehead atoms. The minimum absolute atomic E-state index is 0.132. The highest BCUT2D eigenvalue weighted by Gasteiger charge is 2.21. The first-order chi connectivity index (χ1) is 12.2. The number of allylic oxidation sites excluding steroid dienone is 2. The molecule has 8 nitrogen and oxygen atoms in total. The number of anilines is 1. The van der Waals surface area contributed by atoms with Crippen molar-refractivity contribution in [2.75, 3.05) is 5.43 Å². The van der Waals surface area contributed by atoms with Crippen LogP contribution in [0.1, 0.15) is 52.4 Å². The molecule has 1 aromatic carbocycles. The van der Waals surface area contributed by atoms with E-state index in [0.717, 1.165) is 50.3 Å². The van der Waals surface area contributed by atoms with E-state index in [1.165, 1.54) is 23.3 Å². The van der Waals surface area contributed by atoms with Crippen LogP contribution in [0.2, 0.25) is 0 Å². The third-order valence-electron chi connectivity index (χ3n) is 4.44. The summed E-state index contributed by atoms with van der Waals surface area (Å²) in [6.45, 7) is 4.24. The molecule has 0 amide bonds. The van der Waals surface area contributed by atoms with E-state index in [2.05, 4.69) is 24.4 Å². The molecule has 142 valence electrons. The SMILES string of the molecule is CCCCCC1=C(C)CC/C1=N/Nc1ccc(S(N)(=O)=O)cc1[N+](=O)[O-]. The zero-order valence-electron chi connectivity index (χ0n) is 15.0. The fourth-order valence-corrected chi connectivity index (χ4v) is 3.48. The van der Waals surface area contributed by atoms with Crippen LogP contribution < -0.4 is 10.6 Å². The highest BCUT2D eigenvalue weighted by molar-refractivity contribution is 7.89. The Bertz CT molecular complexity index is 860. The molecule has 0 aliphatic heterocycles. The van der Waals surface area contributed by atoms with Crippen LogP contribution >= 0.6 is 0 Å². The summed E-state index contributed by atoms with van der Waals surface area (Å²) in [4.78, 5) is 10.3. The van der Waals surface area contributed by atoms with E-state index >= 15 is 0 Å². The van der Waals surface area contributed by atoms with Crippen molar-refractivity contribution in [3.8, 4) is 0 Å². The highest BCUT2D eigenvalue weighted by Crippen LogP contribution is 2.30. The number of hydrogen-bond acceptors (Lipinski definition) is 6. The number of primary sulfonamides is 1. The van der Waals surface area contributed by atoms with Gasteiger partial charge >= 0.3 is 0 Å². The van der Waals surface area contributed by atoms with Crippen LogP contribution in [0, 0.1) is 10.1 Å². The van der Waals surface area contributed by atoms with Crippen molar-refractivity contribution >= 4 is 27.1 Å². The van der Waals surface area contributed by atoms with Gasteiger partial charge in [-0.05, 0) is 50.3 Å². The molecule has 1 aromatic rings. The van der Waals surface area contributed by atoms with E-state index in [1.54, 1.807) is 0 Å². The van der Waals surface area contributed by atoms with Crippen LogP contribution in [0.3, 0.4) is 0 Å². The number of nitro benzene ring substituents is 1. The number of sulfonamides is 1. The first kappa shape index (κ1) is 20.1. The van der Waals surface area contributed by atoms with E-state index in [9.17, 15) is 18.5 Å². The van der Waals surface area contributed by atoms with Crippen LogP contribution in [0.4, 0.5) is 11.4 Å². The van der Waals surface area contributed by atoms with Crippen LogP contribution in [0.15, 0.2) is 39.3 Å². The number of benzene rings is 1. The number of nitro groups is 1. The van der Waals surface area contributed by atoms with E-state index in [0.29, 0.717) is 0 Å². The first-order valence-electron chi connectivity index (χ1n) is 8.56. The van der Waals surface area contributed by atoms with E-state index in [1.807, 2.05) is 0 Å². The maximum Gasteiger partial charge on any atom is 0.295 e. The molecule has 2 rings (SSSR count). The van der Waals surface area contributed by atoms with Gasteiger partial charge in [-0.3, -0.25) is 15.5 Å². The van der Waals surface area contributed by atoms with E-state index < -0.39 is 14.9 Å². The van der Waals surface area contributed by atoms with E-state index in [-0.39, 0.29) is 16.3 Å². The summed E-state index contributed by atoms with van der Waals surface area (Å²) in [5.74, 6) is 0. The van der Waals surface area contributed by atoms with Crippen LogP contribution in [-0.2, 0) is 10.0 Å². The van der Waals surface area contributed by atoms with Gasteiger partial charge < -0.3 is 0 Å². The normalized spacial score (nSPS) is 16.3. The molecule has 0 radical (unpaired) electrons. The Kier molecular flexibility index (Phi) is 6.49. The lowest BCUT2D eigenvalue weighted by Crippen LogP contribution is -2.12. The van der Waals surface area contributed by atoms with Crippen LogP contribution in [0.5, 0.6) is 0 Å². The highest BCUT2D eigenvalue weighted by atomic mass is 32.2. The standard InChI is InChI=1S/C17H24N4O4S/c1-3-4-5-6-14-12(2)7-9-15(14)19-20-16-10-8-13(26(18,24)25)11-17(16)21(22)23/h8,10-11,20H,3-7,9H2,1-2H3,(H2,18,24,25)/b19-15-. The Morgan fingerprint density at radius 2 is 2.04 bits per heavy atom. The molecule has 0 saturated heterocycles. The van der Waals surface area contributed by atoms with Crippen LogP contribution in [-0.4, -0.2) is 19.1 Å². The van der Waals surface area contributed by atoms with Gasteiger partial charge in [-0.2, -0.15) is 5.10 Å². The summed E-state index contributed by atoms with van der Waals surface area (Å²) in [6.07, 6.45) is 6.06. The summed E-state index contributed by atoms with van der Waals surface area (Å²) in [5, 5.41) is 20.7. The molecular formula is C17H24N4O4S. The lowest BCUT2D eigenvalue weighted by atomic mass is 10.0. The molecule has 0 spiro atoms. The Morgan fingerprint density at radius 3 is 2.65 bits per heavy atom. The van der Waals surface area contributed by atoms with Gasteiger partial charge in [0.1, 0.15) is 5.69 Å². The van der Waals surface area contributed by atoms with Crippen molar-refractivity contribution in [3.05, 3.63) is 39.5 Å². The lowest BCUT2D eigenvalue weighted by Gasteiger charge is -2.08. The smallest absolute Gasteiger partial charge is 0.271 e. The van der Waals surface area contributed by atoms with Gasteiger partial charge in [0, 0.05) is 6.07 Å². The number of nitrogens with two attached hydrogens (primary N) is 1. The zero-order valence-corrected chi connectivity index (χ0v) is 15.8. The third kappa shape index (κ3) is 4.89. The van der Waals surface area contributed by atoms with Crippen molar-refractivity contribution in [2.24, 2.45) is 10.2 Å². The maximum absolute atomic E-state index is 11.4. The second kappa shape index (κ2) is 8.41. The van der Waals surface area contributed by atoms with Gasteiger partial charge in [0.2, 0.25) is 10.0 Å². The largest absolute Gasteiger partial charge is 0.295 e. The molecule has 0 aromatic heterocycles. The Morgan fingerprint density at radius 1 is 1.31 bits per heavy atom. The first-order valence-corrected chi connectivity index (χ1v) is 10.1. The predicted molar refractivity (Wildman–Crippen MR) is 102 cm³/mol. The van der Waals surface area contributed by atoms with Crippen molar-refractivity contribution in [1.29, 1.82) is 0 Å². The molecule has 3 N–H and O–H groups in total. The van der Waals surface area contributed by atoms with Crippen molar-refractivity contribution in [1.82, 2.24) is 0 Å². The van der Waals surface area contributed by atoms with Crippen molar-refractivity contribution in [2.45, 2.75) is 57.3 Å². The summed E-state index contributed by atoms with van der Waals surface area (Å²) in [7, 11) is -4.01. The fraction of sp³-hybridized carbons (Fsp3) is 0.471. The van der Waals surface area contributed by atoms with Gasteiger partial charge in [0.15, 0.2) is 0 Å². The Balaban J connectivity index is 2.25. The number of rotatable bonds is 8. The van der Waals surface area contributed by atoms with Gasteiger partial charge in [-0.25, -0.2) is 13.6 Å². The number of nitrogens with zero attached hydrogens (tertiary/aromatic N) is 2. The quantitative estimate of drug-likeness (QED) is 0.404. The molecule has 1 aliphatic carbocycles. The topological polar surface area (TPSA) is 128 Å². The van der Waals surface area contributed by atoms with Gasteiger partial charge in [-0.1, -0.05) is 25.3 Å². The number of hydrazone groups is 1. The lowest BCUT2D eigenvalue weighted by molar-refractivity contribution is -0.384. The number of hydrogen-bond donors (Lipinski definition) is 2. The molecule has 1 aliphatic rings. The summed E-state index contributed by atoms with van der Waals surface area (Å²) >= 11 is 0.